The van der Waals surface area contributed by atoms with E-state index in [1.165, 1.54) is 11.1 Å². The molecule has 128 valence electrons. The van der Waals surface area contributed by atoms with Crippen LogP contribution < -0.4 is 0 Å². The standard InChI is InChI=1S/C20H26N2O2/c1-14(2)10-18(12-21)20(24)22-9-8-17(19(23)13-22)11-16-6-4-15(3)5-7-16/h4-7,10,14,17,19,23H,8-9,11,13H2,1-3H3/t17-,19-/m1/s1. The molecule has 4 nitrogen and oxygen atoms in total. The second-order valence-electron chi connectivity index (χ2n) is 6.99. The lowest BCUT2D eigenvalue weighted by Crippen LogP contribution is -2.47. The summed E-state index contributed by atoms with van der Waals surface area (Å²) < 4.78 is 0. The maximum absolute atomic E-state index is 12.4. The smallest absolute Gasteiger partial charge is 0.264 e. The number of nitrogens with zero attached hydrogens (tertiary/aromatic N) is 2. The summed E-state index contributed by atoms with van der Waals surface area (Å²) in [6.45, 7) is 6.82. The van der Waals surface area contributed by atoms with Crippen LogP contribution in [0.4, 0.5) is 0 Å². The first-order valence-electron chi connectivity index (χ1n) is 8.55. The molecule has 1 fully saturated rings. The molecular formula is C20H26N2O2. The fraction of sp³-hybridized carbons (Fsp3) is 0.500. The maximum atomic E-state index is 12.4. The van der Waals surface area contributed by atoms with E-state index in [0.717, 1.165) is 12.8 Å². The van der Waals surface area contributed by atoms with E-state index in [2.05, 4.69) is 31.2 Å². The number of carbonyl (C=O) groups is 1. The molecule has 0 radical (unpaired) electrons. The summed E-state index contributed by atoms with van der Waals surface area (Å²) in [5, 5.41) is 19.6. The molecule has 0 unspecified atom stereocenters. The summed E-state index contributed by atoms with van der Waals surface area (Å²) in [5.74, 6) is 0.0306. The maximum Gasteiger partial charge on any atom is 0.264 e. The molecule has 4 heteroatoms. The third kappa shape index (κ3) is 4.69. The first-order chi connectivity index (χ1) is 11.4. The van der Waals surface area contributed by atoms with Crippen LogP contribution in [0.5, 0.6) is 0 Å². The molecule has 24 heavy (non-hydrogen) atoms. The topological polar surface area (TPSA) is 64.3 Å². The average Bonchev–Trinajstić information content (AvgIpc) is 2.55. The van der Waals surface area contributed by atoms with Crippen molar-refractivity contribution in [2.45, 2.75) is 39.7 Å². The minimum atomic E-state index is -0.553. The molecule has 0 aliphatic carbocycles. The van der Waals surface area contributed by atoms with Gasteiger partial charge in [-0.2, -0.15) is 5.26 Å². The van der Waals surface area contributed by atoms with Gasteiger partial charge in [0.1, 0.15) is 11.6 Å². The minimum absolute atomic E-state index is 0.146. The summed E-state index contributed by atoms with van der Waals surface area (Å²) in [4.78, 5) is 14.0. The quantitative estimate of drug-likeness (QED) is 0.683. The van der Waals surface area contributed by atoms with Crippen molar-refractivity contribution in [1.82, 2.24) is 4.90 Å². The zero-order chi connectivity index (χ0) is 17.7. The van der Waals surface area contributed by atoms with Gasteiger partial charge in [0.25, 0.3) is 5.91 Å². The van der Waals surface area contributed by atoms with Crippen LogP contribution in [-0.4, -0.2) is 35.1 Å². The molecule has 1 aliphatic rings. The predicted octanol–water partition coefficient (Wildman–Crippen LogP) is 2.85. The molecule has 0 spiro atoms. The van der Waals surface area contributed by atoms with Crippen LogP contribution in [0.2, 0.25) is 0 Å². The van der Waals surface area contributed by atoms with Gasteiger partial charge in [-0.25, -0.2) is 0 Å². The van der Waals surface area contributed by atoms with Crippen molar-refractivity contribution in [2.75, 3.05) is 13.1 Å². The Balaban J connectivity index is 1.98. The number of amides is 1. The average molecular weight is 326 g/mol. The highest BCUT2D eigenvalue weighted by Crippen LogP contribution is 2.23. The van der Waals surface area contributed by atoms with Gasteiger partial charge in [0.15, 0.2) is 0 Å². The van der Waals surface area contributed by atoms with Crippen LogP contribution in [0.3, 0.4) is 0 Å². The molecule has 2 rings (SSSR count). The van der Waals surface area contributed by atoms with E-state index in [9.17, 15) is 15.2 Å². The molecule has 1 aromatic rings. The first kappa shape index (κ1) is 18.2. The lowest BCUT2D eigenvalue weighted by Gasteiger charge is -2.36. The highest BCUT2D eigenvalue weighted by Gasteiger charge is 2.31. The summed E-state index contributed by atoms with van der Waals surface area (Å²) in [5.41, 5.74) is 2.61. The van der Waals surface area contributed by atoms with Crippen LogP contribution in [0.15, 0.2) is 35.9 Å². The van der Waals surface area contributed by atoms with Gasteiger partial charge in [-0.15, -0.1) is 0 Å². The fourth-order valence-electron chi connectivity index (χ4n) is 3.09. The Morgan fingerprint density at radius 3 is 2.62 bits per heavy atom. The van der Waals surface area contributed by atoms with Crippen molar-refractivity contribution >= 4 is 5.91 Å². The summed E-state index contributed by atoms with van der Waals surface area (Å²) in [6.07, 6.45) is 2.70. The largest absolute Gasteiger partial charge is 0.391 e. The second kappa shape index (κ2) is 8.12. The summed E-state index contributed by atoms with van der Waals surface area (Å²) >= 11 is 0. The van der Waals surface area contributed by atoms with Crippen molar-refractivity contribution in [3.05, 3.63) is 47.0 Å². The van der Waals surface area contributed by atoms with E-state index in [-0.39, 0.29) is 23.3 Å². The number of aliphatic hydroxyl groups excluding tert-OH is 1. The molecular weight excluding hydrogens is 300 g/mol. The number of allylic oxidation sites excluding steroid dienone is 1. The molecule has 1 aromatic carbocycles. The lowest BCUT2D eigenvalue weighted by molar-refractivity contribution is -0.131. The van der Waals surface area contributed by atoms with E-state index in [1.807, 2.05) is 19.9 Å². The highest BCUT2D eigenvalue weighted by molar-refractivity contribution is 5.97. The Morgan fingerprint density at radius 1 is 1.42 bits per heavy atom. The van der Waals surface area contributed by atoms with Gasteiger partial charge in [0.2, 0.25) is 0 Å². The number of rotatable bonds is 4. The van der Waals surface area contributed by atoms with Crippen molar-refractivity contribution in [2.24, 2.45) is 11.8 Å². The second-order valence-corrected chi connectivity index (χ2v) is 6.99. The summed E-state index contributed by atoms with van der Waals surface area (Å²) in [7, 11) is 0. The van der Waals surface area contributed by atoms with Gasteiger partial charge >= 0.3 is 0 Å². The minimum Gasteiger partial charge on any atom is -0.391 e. The highest BCUT2D eigenvalue weighted by atomic mass is 16.3. The van der Waals surface area contributed by atoms with Crippen molar-refractivity contribution in [3.8, 4) is 6.07 Å². The number of likely N-dealkylation sites (tertiary alicyclic amines) is 1. The van der Waals surface area contributed by atoms with Crippen molar-refractivity contribution in [3.63, 3.8) is 0 Å². The van der Waals surface area contributed by atoms with Gasteiger partial charge in [0, 0.05) is 13.1 Å². The SMILES string of the molecule is Cc1ccc(C[C@H]2CCN(C(=O)C(C#N)=CC(C)C)C[C@H]2O)cc1. The van der Waals surface area contributed by atoms with Gasteiger partial charge in [-0.3, -0.25) is 4.79 Å². The molecule has 1 heterocycles. The Kier molecular flexibility index (Phi) is 6.16. The van der Waals surface area contributed by atoms with Gasteiger partial charge < -0.3 is 10.0 Å². The molecule has 0 saturated carbocycles. The van der Waals surface area contributed by atoms with Crippen molar-refractivity contribution < 1.29 is 9.90 Å². The fourth-order valence-corrected chi connectivity index (χ4v) is 3.09. The number of hydrogen-bond donors (Lipinski definition) is 1. The van der Waals surface area contributed by atoms with Crippen LogP contribution in [-0.2, 0) is 11.2 Å². The van der Waals surface area contributed by atoms with Crippen LogP contribution in [0.1, 0.15) is 31.4 Å². The van der Waals surface area contributed by atoms with E-state index < -0.39 is 6.10 Å². The summed E-state index contributed by atoms with van der Waals surface area (Å²) in [6, 6.07) is 10.3. The molecule has 2 atom stereocenters. The van der Waals surface area contributed by atoms with Crippen LogP contribution in [0, 0.1) is 30.1 Å². The Morgan fingerprint density at radius 2 is 2.08 bits per heavy atom. The number of β-amino-alcohol motifs (C(OH)–C–C–N with tert-alkyl or cyclic N) is 1. The zero-order valence-electron chi connectivity index (χ0n) is 14.7. The number of benzene rings is 1. The number of piperidine rings is 1. The molecule has 0 bridgehead atoms. The van der Waals surface area contributed by atoms with Gasteiger partial charge in [-0.1, -0.05) is 49.8 Å². The number of aryl methyl sites for hydroxylation is 1. The number of aliphatic hydroxyl groups is 1. The molecule has 1 aliphatic heterocycles. The Hall–Kier alpha value is -2.12. The molecule has 1 amide bonds. The van der Waals surface area contributed by atoms with Gasteiger partial charge in [0.05, 0.1) is 6.10 Å². The molecule has 1 N–H and O–H groups in total. The Bertz CT molecular complexity index is 641. The predicted molar refractivity (Wildman–Crippen MR) is 94.1 cm³/mol. The van der Waals surface area contributed by atoms with Gasteiger partial charge in [-0.05, 0) is 37.2 Å². The van der Waals surface area contributed by atoms with Crippen LogP contribution >= 0.6 is 0 Å². The van der Waals surface area contributed by atoms with E-state index in [1.54, 1.807) is 11.0 Å². The first-order valence-corrected chi connectivity index (χ1v) is 8.55. The molecule has 1 saturated heterocycles. The normalized spacial score (nSPS) is 21.7. The number of carbonyl (C=O) groups excluding carboxylic acids is 1. The number of hydrogen-bond acceptors (Lipinski definition) is 3. The van der Waals surface area contributed by atoms with Crippen LogP contribution in [0.25, 0.3) is 0 Å². The third-order valence-electron chi connectivity index (χ3n) is 4.48. The number of nitriles is 1. The third-order valence-corrected chi connectivity index (χ3v) is 4.48. The molecule has 0 aromatic heterocycles. The zero-order valence-corrected chi connectivity index (χ0v) is 14.7. The van der Waals surface area contributed by atoms with E-state index in [0.29, 0.717) is 13.1 Å². The lowest BCUT2D eigenvalue weighted by atomic mass is 9.87. The van der Waals surface area contributed by atoms with E-state index in [4.69, 9.17) is 0 Å². The monoisotopic (exact) mass is 326 g/mol. The van der Waals surface area contributed by atoms with E-state index >= 15 is 0 Å². The Labute approximate surface area is 144 Å². The van der Waals surface area contributed by atoms with Crippen molar-refractivity contribution in [1.29, 1.82) is 5.26 Å².